The highest BCUT2D eigenvalue weighted by Gasteiger charge is 2.36. The summed E-state index contributed by atoms with van der Waals surface area (Å²) in [5.41, 5.74) is 2.76. The number of rotatable bonds is 6. The van der Waals surface area contributed by atoms with Crippen molar-refractivity contribution < 1.29 is 14.4 Å². The van der Waals surface area contributed by atoms with Gasteiger partial charge in [-0.2, -0.15) is 0 Å². The third-order valence-electron chi connectivity index (χ3n) is 8.16. The molecule has 1 aliphatic carbocycles. The van der Waals surface area contributed by atoms with Gasteiger partial charge in [0.15, 0.2) is 0 Å². The van der Waals surface area contributed by atoms with Crippen molar-refractivity contribution in [2.45, 2.75) is 84.8 Å². The number of nitrogens with zero attached hydrogens (tertiary/aromatic N) is 3. The first-order valence-corrected chi connectivity index (χ1v) is 14.0. The summed E-state index contributed by atoms with van der Waals surface area (Å²) in [6.07, 6.45) is 5.93. The molecule has 1 aromatic carbocycles. The zero-order valence-corrected chi connectivity index (χ0v) is 22.9. The molecule has 0 aromatic heterocycles. The van der Waals surface area contributed by atoms with Crippen LogP contribution < -0.4 is 5.32 Å². The zero-order valence-electron chi connectivity index (χ0n) is 22.2. The number of hydrogen-bond acceptors (Lipinski definition) is 4. The molecule has 2 saturated heterocycles. The van der Waals surface area contributed by atoms with E-state index in [-0.39, 0.29) is 29.7 Å². The van der Waals surface area contributed by atoms with Crippen LogP contribution in [0.15, 0.2) is 12.1 Å². The molecular formula is C28H41ClN4O3. The van der Waals surface area contributed by atoms with Crippen LogP contribution in [0.3, 0.4) is 0 Å². The fourth-order valence-corrected chi connectivity index (χ4v) is 6.27. The van der Waals surface area contributed by atoms with E-state index in [0.717, 1.165) is 50.0 Å². The van der Waals surface area contributed by atoms with Gasteiger partial charge in [-0.15, -0.1) is 0 Å². The minimum Gasteiger partial charge on any atom is -0.337 e. The lowest BCUT2D eigenvalue weighted by molar-refractivity contribution is -0.140. The van der Waals surface area contributed by atoms with Gasteiger partial charge < -0.3 is 15.1 Å². The molecule has 1 aromatic rings. The van der Waals surface area contributed by atoms with Gasteiger partial charge in [0.05, 0.1) is 0 Å². The van der Waals surface area contributed by atoms with Crippen LogP contribution in [0, 0.1) is 18.8 Å². The van der Waals surface area contributed by atoms with Gasteiger partial charge in [-0.05, 0) is 62.8 Å². The molecule has 198 valence electrons. The summed E-state index contributed by atoms with van der Waals surface area (Å²) < 4.78 is 0. The number of benzene rings is 1. The standard InChI is InChI=1S/C28H41ClN4O3/c1-18(2)27(35)33-11-7-10-25(33)26(34)30-24-15-23(29)14-22(20(24)4)17-31-12-13-32(19(3)16-31)28(36)21-8-5-6-9-21/h14-15,18-19,21,25H,5-13,16-17H2,1-4H3,(H,30,34)/t19-,25-/m0/s1. The average molecular weight is 517 g/mol. The Kier molecular flexibility index (Phi) is 8.61. The van der Waals surface area contributed by atoms with Gasteiger partial charge in [0, 0.05) is 61.3 Å². The van der Waals surface area contributed by atoms with Gasteiger partial charge in [0.25, 0.3) is 0 Å². The lowest BCUT2D eigenvalue weighted by atomic mass is 10.0. The smallest absolute Gasteiger partial charge is 0.247 e. The van der Waals surface area contributed by atoms with E-state index in [0.29, 0.717) is 36.1 Å². The number of nitrogens with one attached hydrogen (secondary N) is 1. The summed E-state index contributed by atoms with van der Waals surface area (Å²) in [5, 5.41) is 3.65. The zero-order chi connectivity index (χ0) is 26.0. The van der Waals surface area contributed by atoms with Gasteiger partial charge in [-0.3, -0.25) is 19.3 Å². The van der Waals surface area contributed by atoms with Crippen LogP contribution in [0.1, 0.15) is 70.4 Å². The van der Waals surface area contributed by atoms with Crippen molar-refractivity contribution >= 4 is 35.0 Å². The van der Waals surface area contributed by atoms with Crippen molar-refractivity contribution in [3.8, 4) is 0 Å². The highest BCUT2D eigenvalue weighted by Crippen LogP contribution is 2.30. The molecule has 0 radical (unpaired) electrons. The van der Waals surface area contributed by atoms with Crippen molar-refractivity contribution in [2.75, 3.05) is 31.5 Å². The lowest BCUT2D eigenvalue weighted by Crippen LogP contribution is -2.54. The minimum atomic E-state index is -0.437. The maximum atomic E-state index is 13.2. The highest BCUT2D eigenvalue weighted by atomic mass is 35.5. The van der Waals surface area contributed by atoms with E-state index in [1.165, 1.54) is 12.8 Å². The Bertz CT molecular complexity index is 991. The second-order valence-electron chi connectivity index (χ2n) is 11.2. The predicted octanol–water partition coefficient (Wildman–Crippen LogP) is 4.46. The molecule has 0 spiro atoms. The second kappa shape index (κ2) is 11.5. The summed E-state index contributed by atoms with van der Waals surface area (Å²) in [7, 11) is 0. The largest absolute Gasteiger partial charge is 0.337 e. The first kappa shape index (κ1) is 26.9. The molecule has 0 unspecified atom stereocenters. The van der Waals surface area contributed by atoms with E-state index >= 15 is 0 Å². The summed E-state index contributed by atoms with van der Waals surface area (Å²) in [5.74, 6) is 0.294. The van der Waals surface area contributed by atoms with Crippen LogP contribution in [0.25, 0.3) is 0 Å². The number of anilines is 1. The number of carbonyl (C=O) groups excluding carboxylic acids is 3. The molecule has 8 heteroatoms. The van der Waals surface area contributed by atoms with Crippen LogP contribution in [-0.4, -0.2) is 70.7 Å². The third-order valence-corrected chi connectivity index (χ3v) is 8.38. The van der Waals surface area contributed by atoms with E-state index in [1.54, 1.807) is 11.0 Å². The second-order valence-corrected chi connectivity index (χ2v) is 11.6. The molecule has 2 atom stereocenters. The molecule has 4 rings (SSSR count). The maximum Gasteiger partial charge on any atom is 0.247 e. The minimum absolute atomic E-state index is 0.0239. The quantitative estimate of drug-likeness (QED) is 0.606. The Labute approximate surface area is 220 Å². The Morgan fingerprint density at radius 1 is 1.03 bits per heavy atom. The van der Waals surface area contributed by atoms with E-state index in [1.807, 2.05) is 26.8 Å². The number of piperazine rings is 1. The number of carbonyl (C=O) groups is 3. The van der Waals surface area contributed by atoms with Crippen LogP contribution >= 0.6 is 11.6 Å². The number of likely N-dealkylation sites (tertiary alicyclic amines) is 1. The van der Waals surface area contributed by atoms with Crippen LogP contribution in [-0.2, 0) is 20.9 Å². The van der Waals surface area contributed by atoms with Gasteiger partial charge >= 0.3 is 0 Å². The maximum absolute atomic E-state index is 13.2. The molecule has 2 aliphatic heterocycles. The lowest BCUT2D eigenvalue weighted by Gasteiger charge is -2.41. The Balaban J connectivity index is 1.41. The van der Waals surface area contributed by atoms with Crippen molar-refractivity contribution in [3.63, 3.8) is 0 Å². The first-order valence-electron chi connectivity index (χ1n) is 13.6. The SMILES string of the molecule is Cc1c(CN2CCN(C(=O)C3CCCC3)[C@@H](C)C2)cc(Cl)cc1NC(=O)[C@@H]1CCCN1C(=O)C(C)C. The van der Waals surface area contributed by atoms with E-state index in [4.69, 9.17) is 11.6 Å². The molecular weight excluding hydrogens is 476 g/mol. The van der Waals surface area contributed by atoms with Crippen LogP contribution in [0.5, 0.6) is 0 Å². The van der Waals surface area contributed by atoms with Gasteiger partial charge in [-0.1, -0.05) is 38.3 Å². The van der Waals surface area contributed by atoms with E-state index in [2.05, 4.69) is 22.0 Å². The molecule has 0 bridgehead atoms. The molecule has 2 heterocycles. The average Bonchev–Trinajstić information content (AvgIpc) is 3.53. The van der Waals surface area contributed by atoms with Crippen molar-refractivity contribution in [1.29, 1.82) is 0 Å². The van der Waals surface area contributed by atoms with Crippen LogP contribution in [0.2, 0.25) is 5.02 Å². The number of halogens is 1. The topological polar surface area (TPSA) is 73.0 Å². The summed E-state index contributed by atoms with van der Waals surface area (Å²) in [6, 6.07) is 3.51. The van der Waals surface area contributed by atoms with Crippen molar-refractivity contribution in [2.24, 2.45) is 11.8 Å². The van der Waals surface area contributed by atoms with Crippen molar-refractivity contribution in [1.82, 2.24) is 14.7 Å². The fraction of sp³-hybridized carbons (Fsp3) is 0.679. The van der Waals surface area contributed by atoms with Gasteiger partial charge in [0.2, 0.25) is 17.7 Å². The van der Waals surface area contributed by atoms with Gasteiger partial charge in [0.1, 0.15) is 6.04 Å². The summed E-state index contributed by atoms with van der Waals surface area (Å²) in [4.78, 5) is 44.9. The number of hydrogen-bond donors (Lipinski definition) is 1. The Hall–Kier alpha value is -2.12. The number of amides is 3. The van der Waals surface area contributed by atoms with E-state index in [9.17, 15) is 14.4 Å². The third kappa shape index (κ3) is 5.88. The highest BCUT2D eigenvalue weighted by molar-refractivity contribution is 6.31. The van der Waals surface area contributed by atoms with Gasteiger partial charge in [-0.25, -0.2) is 0 Å². The monoisotopic (exact) mass is 516 g/mol. The Morgan fingerprint density at radius 2 is 1.75 bits per heavy atom. The fourth-order valence-electron chi connectivity index (χ4n) is 6.03. The summed E-state index contributed by atoms with van der Waals surface area (Å²) >= 11 is 6.48. The Morgan fingerprint density at radius 3 is 2.42 bits per heavy atom. The van der Waals surface area contributed by atoms with Crippen molar-refractivity contribution in [3.05, 3.63) is 28.3 Å². The predicted molar refractivity (Wildman–Crippen MR) is 143 cm³/mol. The first-order chi connectivity index (χ1) is 17.2. The molecule has 3 amide bonds. The molecule has 3 aliphatic rings. The normalized spacial score (nSPS) is 23.5. The summed E-state index contributed by atoms with van der Waals surface area (Å²) in [6.45, 7) is 11.6. The molecule has 1 saturated carbocycles. The van der Waals surface area contributed by atoms with E-state index < -0.39 is 6.04 Å². The molecule has 7 nitrogen and oxygen atoms in total. The van der Waals surface area contributed by atoms with Crippen LogP contribution in [0.4, 0.5) is 5.69 Å². The molecule has 36 heavy (non-hydrogen) atoms. The molecule has 3 fully saturated rings. The molecule has 1 N–H and O–H groups in total.